The van der Waals surface area contributed by atoms with Crippen molar-refractivity contribution in [2.24, 2.45) is 7.05 Å². The molecule has 2 aliphatic heterocycles. The number of benzene rings is 2. The SMILES string of the molecule is Cn1c(=O)oc2cc(C(O)CN3CCN(Cc4ccc5c(c4)OCO5)CC3)c(Cl)cc21. The molecule has 31 heavy (non-hydrogen) atoms. The van der Waals surface area contributed by atoms with Crippen LogP contribution in [0.3, 0.4) is 0 Å². The monoisotopic (exact) mass is 445 g/mol. The fourth-order valence-electron chi connectivity index (χ4n) is 4.19. The molecule has 1 saturated heterocycles. The zero-order valence-electron chi connectivity index (χ0n) is 17.2. The molecule has 2 aromatic carbocycles. The van der Waals surface area contributed by atoms with Crippen molar-refractivity contribution in [3.63, 3.8) is 0 Å². The summed E-state index contributed by atoms with van der Waals surface area (Å²) in [5.74, 6) is 1.16. The van der Waals surface area contributed by atoms with Gasteiger partial charge in [0.2, 0.25) is 6.79 Å². The van der Waals surface area contributed by atoms with Gasteiger partial charge in [-0.1, -0.05) is 17.7 Å². The fourth-order valence-corrected chi connectivity index (χ4v) is 4.47. The van der Waals surface area contributed by atoms with Gasteiger partial charge in [-0.15, -0.1) is 0 Å². The van der Waals surface area contributed by atoms with E-state index in [4.69, 9.17) is 25.5 Å². The average molecular weight is 446 g/mol. The van der Waals surface area contributed by atoms with Crippen molar-refractivity contribution in [2.45, 2.75) is 12.6 Å². The Kier molecular flexibility index (Phi) is 5.39. The summed E-state index contributed by atoms with van der Waals surface area (Å²) in [6.07, 6.45) is -0.761. The van der Waals surface area contributed by atoms with Crippen LogP contribution in [0, 0.1) is 0 Å². The van der Waals surface area contributed by atoms with Crippen LogP contribution in [0.1, 0.15) is 17.2 Å². The van der Waals surface area contributed by atoms with Crippen molar-refractivity contribution in [2.75, 3.05) is 39.5 Å². The summed E-state index contributed by atoms with van der Waals surface area (Å²) < 4.78 is 17.5. The van der Waals surface area contributed by atoms with Crippen LogP contribution in [-0.4, -0.2) is 59.0 Å². The number of rotatable bonds is 5. The maximum Gasteiger partial charge on any atom is 0.419 e. The zero-order valence-corrected chi connectivity index (χ0v) is 18.0. The molecule has 1 fully saturated rings. The molecule has 1 atom stereocenters. The normalized spacial score (nSPS) is 18.0. The second-order valence-corrected chi connectivity index (χ2v) is 8.46. The minimum absolute atomic E-state index is 0.285. The lowest BCUT2D eigenvalue weighted by Crippen LogP contribution is -2.47. The van der Waals surface area contributed by atoms with Crippen molar-refractivity contribution < 1.29 is 19.0 Å². The van der Waals surface area contributed by atoms with Crippen LogP contribution < -0.4 is 15.2 Å². The van der Waals surface area contributed by atoms with Gasteiger partial charge in [-0.3, -0.25) is 14.4 Å². The molecule has 9 heteroatoms. The van der Waals surface area contributed by atoms with Gasteiger partial charge in [0.15, 0.2) is 17.1 Å². The predicted molar refractivity (Wildman–Crippen MR) is 116 cm³/mol. The number of aryl methyl sites for hydroxylation is 1. The van der Waals surface area contributed by atoms with E-state index in [2.05, 4.69) is 15.9 Å². The van der Waals surface area contributed by atoms with Crippen LogP contribution in [0.5, 0.6) is 11.5 Å². The van der Waals surface area contributed by atoms with Gasteiger partial charge in [-0.05, 0) is 29.8 Å². The van der Waals surface area contributed by atoms with Gasteiger partial charge >= 0.3 is 5.76 Å². The van der Waals surface area contributed by atoms with E-state index < -0.39 is 11.9 Å². The van der Waals surface area contributed by atoms with Crippen molar-refractivity contribution in [3.8, 4) is 11.5 Å². The number of aromatic nitrogens is 1. The Morgan fingerprint density at radius 2 is 1.81 bits per heavy atom. The van der Waals surface area contributed by atoms with Gasteiger partial charge in [0.1, 0.15) is 0 Å². The highest BCUT2D eigenvalue weighted by molar-refractivity contribution is 6.32. The van der Waals surface area contributed by atoms with Gasteiger partial charge < -0.3 is 19.0 Å². The number of hydrogen-bond acceptors (Lipinski definition) is 7. The van der Waals surface area contributed by atoms with Crippen LogP contribution in [0.4, 0.5) is 0 Å². The molecular formula is C22H24ClN3O5. The largest absolute Gasteiger partial charge is 0.454 e. The molecule has 0 amide bonds. The van der Waals surface area contributed by atoms with E-state index in [1.165, 1.54) is 10.1 Å². The first-order valence-electron chi connectivity index (χ1n) is 10.3. The lowest BCUT2D eigenvalue weighted by molar-refractivity contribution is 0.0701. The molecule has 0 saturated carbocycles. The third kappa shape index (κ3) is 4.04. The van der Waals surface area contributed by atoms with Crippen LogP contribution in [0.15, 0.2) is 39.5 Å². The smallest absolute Gasteiger partial charge is 0.419 e. The van der Waals surface area contributed by atoms with E-state index >= 15 is 0 Å². The van der Waals surface area contributed by atoms with Crippen molar-refractivity contribution in [1.29, 1.82) is 0 Å². The molecule has 0 aliphatic carbocycles. The summed E-state index contributed by atoms with van der Waals surface area (Å²) in [7, 11) is 1.63. The van der Waals surface area contributed by atoms with E-state index in [1.807, 2.05) is 12.1 Å². The van der Waals surface area contributed by atoms with Gasteiger partial charge in [-0.2, -0.15) is 0 Å². The summed E-state index contributed by atoms with van der Waals surface area (Å²) in [5, 5.41) is 11.2. The number of halogens is 1. The van der Waals surface area contributed by atoms with Crippen molar-refractivity contribution >= 4 is 22.7 Å². The van der Waals surface area contributed by atoms with Crippen LogP contribution in [0.25, 0.3) is 11.1 Å². The minimum Gasteiger partial charge on any atom is -0.454 e. The maximum absolute atomic E-state index is 11.7. The topological polar surface area (TPSA) is 80.3 Å². The molecule has 0 spiro atoms. The van der Waals surface area contributed by atoms with Crippen LogP contribution in [0.2, 0.25) is 5.02 Å². The Morgan fingerprint density at radius 3 is 2.61 bits per heavy atom. The maximum atomic E-state index is 11.7. The third-order valence-electron chi connectivity index (χ3n) is 6.01. The molecular weight excluding hydrogens is 422 g/mol. The van der Waals surface area contributed by atoms with Gasteiger partial charge in [0, 0.05) is 56.9 Å². The number of aliphatic hydroxyl groups excluding tert-OH is 1. The molecule has 1 N–H and O–H groups in total. The molecule has 3 heterocycles. The fraction of sp³-hybridized carbons (Fsp3) is 0.409. The Labute approximate surface area is 184 Å². The third-order valence-corrected chi connectivity index (χ3v) is 6.34. The lowest BCUT2D eigenvalue weighted by Gasteiger charge is -2.35. The van der Waals surface area contributed by atoms with Crippen LogP contribution >= 0.6 is 11.6 Å². The number of hydrogen-bond donors (Lipinski definition) is 1. The summed E-state index contributed by atoms with van der Waals surface area (Å²) >= 11 is 6.39. The Balaban J connectivity index is 1.19. The highest BCUT2D eigenvalue weighted by atomic mass is 35.5. The standard InChI is InChI=1S/C22H24ClN3O5/c1-24-17-10-16(23)15(9-20(17)31-22(24)28)18(27)12-26-6-4-25(5-7-26)11-14-2-3-19-21(8-14)30-13-29-19/h2-3,8-10,18,27H,4-7,11-13H2,1H3. The number of oxazole rings is 1. The number of ether oxygens (including phenoxy) is 2. The first-order valence-corrected chi connectivity index (χ1v) is 10.7. The second-order valence-electron chi connectivity index (χ2n) is 8.05. The number of nitrogens with zero attached hydrogens (tertiary/aromatic N) is 3. The molecule has 1 unspecified atom stereocenters. The zero-order chi connectivity index (χ0) is 21.5. The van der Waals surface area contributed by atoms with E-state index in [9.17, 15) is 9.90 Å². The number of fused-ring (bicyclic) bond motifs is 2. The van der Waals surface area contributed by atoms with Crippen molar-refractivity contribution in [3.05, 3.63) is 57.0 Å². The quantitative estimate of drug-likeness (QED) is 0.645. The first-order chi connectivity index (χ1) is 15.0. The number of β-amino-alcohol motifs (C(OH)–C–C–N with tert-alkyl or cyclic N) is 1. The molecule has 8 nitrogen and oxygen atoms in total. The number of aliphatic hydroxyl groups is 1. The summed E-state index contributed by atoms with van der Waals surface area (Å²) in [6.45, 7) is 5.11. The number of piperazine rings is 1. The van der Waals surface area contributed by atoms with E-state index in [0.717, 1.165) is 44.2 Å². The van der Waals surface area contributed by atoms with E-state index in [0.29, 0.717) is 28.2 Å². The average Bonchev–Trinajstić information content (AvgIpc) is 3.33. The summed E-state index contributed by atoms with van der Waals surface area (Å²) in [4.78, 5) is 16.3. The predicted octanol–water partition coefficient (Wildman–Crippen LogP) is 2.36. The molecule has 5 rings (SSSR count). The Bertz CT molecular complexity index is 1170. The Morgan fingerprint density at radius 1 is 1.06 bits per heavy atom. The molecule has 3 aromatic rings. The molecule has 1 aromatic heterocycles. The lowest BCUT2D eigenvalue weighted by atomic mass is 10.1. The van der Waals surface area contributed by atoms with Crippen molar-refractivity contribution in [1.82, 2.24) is 14.4 Å². The minimum atomic E-state index is -0.761. The van der Waals surface area contributed by atoms with Gasteiger partial charge in [0.05, 0.1) is 11.6 Å². The second kappa shape index (κ2) is 8.20. The summed E-state index contributed by atoms with van der Waals surface area (Å²) in [5.41, 5.74) is 2.82. The van der Waals surface area contributed by atoms with E-state index in [-0.39, 0.29) is 6.79 Å². The summed E-state index contributed by atoms with van der Waals surface area (Å²) in [6, 6.07) is 9.41. The Hall–Kier alpha value is -2.52. The van der Waals surface area contributed by atoms with Gasteiger partial charge in [0.25, 0.3) is 0 Å². The molecule has 0 bridgehead atoms. The van der Waals surface area contributed by atoms with Gasteiger partial charge in [-0.25, -0.2) is 4.79 Å². The highest BCUT2D eigenvalue weighted by Crippen LogP contribution is 2.33. The molecule has 0 radical (unpaired) electrons. The van der Waals surface area contributed by atoms with Crippen LogP contribution in [-0.2, 0) is 13.6 Å². The molecule has 164 valence electrons. The molecule has 2 aliphatic rings. The highest BCUT2D eigenvalue weighted by Gasteiger charge is 2.23. The van der Waals surface area contributed by atoms with E-state index in [1.54, 1.807) is 19.2 Å². The first kappa shape index (κ1) is 20.4.